The second-order valence-electron chi connectivity index (χ2n) is 7.45. The molecule has 1 aliphatic carbocycles. The van der Waals surface area contributed by atoms with Crippen LogP contribution < -0.4 is 5.32 Å². The zero-order valence-electron chi connectivity index (χ0n) is 13.7. The van der Waals surface area contributed by atoms with E-state index in [0.717, 1.165) is 19.0 Å². The van der Waals surface area contributed by atoms with Crippen LogP contribution >= 0.6 is 0 Å². The fraction of sp³-hybridized carbons (Fsp3) is 1.00. The molecule has 0 bridgehead atoms. The van der Waals surface area contributed by atoms with Gasteiger partial charge in [0.2, 0.25) is 0 Å². The van der Waals surface area contributed by atoms with Crippen molar-refractivity contribution in [2.24, 2.45) is 17.3 Å². The summed E-state index contributed by atoms with van der Waals surface area (Å²) in [7, 11) is 0. The molecule has 0 radical (unpaired) electrons. The van der Waals surface area contributed by atoms with E-state index in [-0.39, 0.29) is 0 Å². The zero-order chi connectivity index (χ0) is 14.6. The lowest BCUT2D eigenvalue weighted by atomic mass is 9.70. The van der Waals surface area contributed by atoms with Gasteiger partial charge in [0.25, 0.3) is 0 Å². The Morgan fingerprint density at radius 2 is 1.90 bits per heavy atom. The SMILES string of the molecule is CCNCC1(CN2CCC(C)C2CO)CCC(C)CC1. The summed E-state index contributed by atoms with van der Waals surface area (Å²) in [5, 5.41) is 13.3. The van der Waals surface area contributed by atoms with Crippen molar-refractivity contribution >= 4 is 0 Å². The predicted molar refractivity (Wildman–Crippen MR) is 84.8 cm³/mol. The lowest BCUT2D eigenvalue weighted by molar-refractivity contribution is 0.0565. The van der Waals surface area contributed by atoms with Crippen LogP contribution in [0, 0.1) is 17.3 Å². The smallest absolute Gasteiger partial charge is 0.0589 e. The largest absolute Gasteiger partial charge is 0.395 e. The topological polar surface area (TPSA) is 35.5 Å². The third-order valence-electron chi connectivity index (χ3n) is 5.81. The molecule has 2 unspecified atom stereocenters. The van der Waals surface area contributed by atoms with Crippen LogP contribution in [-0.2, 0) is 0 Å². The standard InChI is InChI=1S/C17H34N2O/c1-4-18-12-17(8-5-14(2)6-9-17)13-19-10-7-15(3)16(19)11-20/h14-16,18,20H,4-13H2,1-3H3. The zero-order valence-corrected chi connectivity index (χ0v) is 13.7. The van der Waals surface area contributed by atoms with Crippen molar-refractivity contribution in [3.8, 4) is 0 Å². The van der Waals surface area contributed by atoms with Gasteiger partial charge in [0, 0.05) is 19.1 Å². The van der Waals surface area contributed by atoms with Gasteiger partial charge in [-0.25, -0.2) is 0 Å². The number of aliphatic hydroxyl groups excluding tert-OH is 1. The maximum absolute atomic E-state index is 9.68. The first-order chi connectivity index (χ1) is 9.60. The molecule has 2 aliphatic rings. The van der Waals surface area contributed by atoms with E-state index >= 15 is 0 Å². The summed E-state index contributed by atoms with van der Waals surface area (Å²) in [4.78, 5) is 2.58. The van der Waals surface area contributed by atoms with Crippen molar-refractivity contribution in [2.75, 3.05) is 32.8 Å². The maximum Gasteiger partial charge on any atom is 0.0589 e. The Hall–Kier alpha value is -0.120. The highest BCUT2D eigenvalue weighted by atomic mass is 16.3. The Morgan fingerprint density at radius 3 is 2.50 bits per heavy atom. The first kappa shape index (κ1) is 16.3. The second kappa shape index (κ2) is 7.24. The van der Waals surface area contributed by atoms with E-state index in [0.29, 0.717) is 24.0 Å². The van der Waals surface area contributed by atoms with Gasteiger partial charge in [0.1, 0.15) is 0 Å². The molecule has 1 saturated carbocycles. The fourth-order valence-corrected chi connectivity index (χ4v) is 4.17. The van der Waals surface area contributed by atoms with Crippen LogP contribution in [0.15, 0.2) is 0 Å². The minimum Gasteiger partial charge on any atom is -0.395 e. The lowest BCUT2D eigenvalue weighted by Gasteiger charge is -2.43. The Morgan fingerprint density at radius 1 is 1.20 bits per heavy atom. The van der Waals surface area contributed by atoms with E-state index in [1.54, 1.807) is 0 Å². The molecule has 0 amide bonds. The molecule has 1 heterocycles. The number of nitrogens with one attached hydrogen (secondary N) is 1. The van der Waals surface area contributed by atoms with Crippen molar-refractivity contribution in [2.45, 2.75) is 58.9 Å². The fourth-order valence-electron chi connectivity index (χ4n) is 4.17. The molecule has 3 nitrogen and oxygen atoms in total. The molecular weight excluding hydrogens is 248 g/mol. The van der Waals surface area contributed by atoms with Gasteiger partial charge in [0.05, 0.1) is 6.61 Å². The van der Waals surface area contributed by atoms with Gasteiger partial charge in [0.15, 0.2) is 0 Å². The Bertz CT molecular complexity index is 281. The molecule has 2 rings (SSSR count). The predicted octanol–water partition coefficient (Wildman–Crippen LogP) is 2.50. The molecule has 0 aromatic heterocycles. The van der Waals surface area contributed by atoms with E-state index in [1.807, 2.05) is 0 Å². The van der Waals surface area contributed by atoms with E-state index < -0.39 is 0 Å². The number of rotatable bonds is 6. The van der Waals surface area contributed by atoms with Crippen molar-refractivity contribution in [1.82, 2.24) is 10.2 Å². The normalized spacial score (nSPS) is 39.3. The first-order valence-corrected chi connectivity index (χ1v) is 8.66. The van der Waals surface area contributed by atoms with Gasteiger partial charge in [-0.15, -0.1) is 0 Å². The minimum absolute atomic E-state index is 0.328. The highest BCUT2D eigenvalue weighted by molar-refractivity contribution is 4.93. The lowest BCUT2D eigenvalue weighted by Crippen LogP contribution is -2.48. The third kappa shape index (κ3) is 3.75. The molecule has 1 saturated heterocycles. The summed E-state index contributed by atoms with van der Waals surface area (Å²) in [5.41, 5.74) is 0.444. The van der Waals surface area contributed by atoms with Gasteiger partial charge < -0.3 is 10.4 Å². The van der Waals surface area contributed by atoms with Crippen LogP contribution in [0.3, 0.4) is 0 Å². The minimum atomic E-state index is 0.328. The summed E-state index contributed by atoms with van der Waals surface area (Å²) in [6, 6.07) is 0.396. The van der Waals surface area contributed by atoms with Crippen molar-refractivity contribution in [3.63, 3.8) is 0 Å². The maximum atomic E-state index is 9.68. The Labute approximate surface area is 125 Å². The first-order valence-electron chi connectivity index (χ1n) is 8.66. The number of aliphatic hydroxyl groups is 1. The highest BCUT2D eigenvalue weighted by Gasteiger charge is 2.39. The number of hydrogen-bond acceptors (Lipinski definition) is 3. The molecule has 0 aromatic carbocycles. The Balaban J connectivity index is 2.00. The summed E-state index contributed by atoms with van der Waals surface area (Å²) in [5.74, 6) is 1.55. The molecule has 20 heavy (non-hydrogen) atoms. The molecule has 2 fully saturated rings. The van der Waals surface area contributed by atoms with E-state index in [2.05, 4.69) is 31.0 Å². The quantitative estimate of drug-likeness (QED) is 0.786. The average Bonchev–Trinajstić information content (AvgIpc) is 2.80. The number of likely N-dealkylation sites (tertiary alicyclic amines) is 1. The molecule has 0 spiro atoms. The van der Waals surface area contributed by atoms with E-state index in [9.17, 15) is 5.11 Å². The molecular formula is C17H34N2O. The van der Waals surface area contributed by atoms with Gasteiger partial charge >= 0.3 is 0 Å². The Kier molecular flexibility index (Phi) is 5.88. The summed E-state index contributed by atoms with van der Waals surface area (Å²) < 4.78 is 0. The van der Waals surface area contributed by atoms with Crippen LogP contribution in [0.2, 0.25) is 0 Å². The van der Waals surface area contributed by atoms with Crippen molar-refractivity contribution in [1.29, 1.82) is 0 Å². The summed E-state index contributed by atoms with van der Waals surface area (Å²) >= 11 is 0. The van der Waals surface area contributed by atoms with Crippen LogP contribution in [0.25, 0.3) is 0 Å². The van der Waals surface area contributed by atoms with Crippen molar-refractivity contribution < 1.29 is 5.11 Å². The number of hydrogen-bond donors (Lipinski definition) is 2. The molecule has 3 heteroatoms. The summed E-state index contributed by atoms with van der Waals surface area (Å²) in [6.07, 6.45) is 6.70. The van der Waals surface area contributed by atoms with Crippen LogP contribution in [0.1, 0.15) is 52.9 Å². The van der Waals surface area contributed by atoms with Gasteiger partial charge in [-0.1, -0.05) is 33.6 Å². The molecule has 0 aromatic rings. The van der Waals surface area contributed by atoms with Crippen LogP contribution in [0.5, 0.6) is 0 Å². The number of nitrogens with zero attached hydrogens (tertiary/aromatic N) is 1. The molecule has 2 atom stereocenters. The molecule has 2 N–H and O–H groups in total. The van der Waals surface area contributed by atoms with Crippen LogP contribution in [-0.4, -0.2) is 48.8 Å². The van der Waals surface area contributed by atoms with Crippen molar-refractivity contribution in [3.05, 3.63) is 0 Å². The monoisotopic (exact) mass is 282 g/mol. The van der Waals surface area contributed by atoms with E-state index in [1.165, 1.54) is 45.2 Å². The van der Waals surface area contributed by atoms with Gasteiger partial charge in [-0.2, -0.15) is 0 Å². The van der Waals surface area contributed by atoms with Crippen LogP contribution in [0.4, 0.5) is 0 Å². The highest BCUT2D eigenvalue weighted by Crippen LogP contribution is 2.40. The molecule has 118 valence electrons. The third-order valence-corrected chi connectivity index (χ3v) is 5.81. The molecule has 1 aliphatic heterocycles. The van der Waals surface area contributed by atoms with E-state index in [4.69, 9.17) is 0 Å². The summed E-state index contributed by atoms with van der Waals surface area (Å²) in [6.45, 7) is 11.8. The van der Waals surface area contributed by atoms with Gasteiger partial charge in [-0.05, 0) is 49.6 Å². The van der Waals surface area contributed by atoms with Gasteiger partial charge in [-0.3, -0.25) is 4.90 Å². The average molecular weight is 282 g/mol. The second-order valence-corrected chi connectivity index (χ2v) is 7.45.